The van der Waals surface area contributed by atoms with Gasteiger partial charge in [-0.15, -0.1) is 0 Å². The fraction of sp³-hybridized carbons (Fsp3) is 0.455. The van der Waals surface area contributed by atoms with Gasteiger partial charge in [0.05, 0.1) is 16.2 Å². The van der Waals surface area contributed by atoms with Crippen LogP contribution in [0.3, 0.4) is 0 Å². The van der Waals surface area contributed by atoms with Crippen LogP contribution in [0.4, 0.5) is 0 Å². The number of hydrogen-bond acceptors (Lipinski definition) is 3. The van der Waals surface area contributed by atoms with Crippen LogP contribution in [0.5, 0.6) is 0 Å². The highest BCUT2D eigenvalue weighted by molar-refractivity contribution is 9.10. The average molecular weight is 304 g/mol. The van der Waals surface area contributed by atoms with Crippen molar-refractivity contribution < 1.29 is 8.42 Å². The Balaban J connectivity index is 2.65. The van der Waals surface area contributed by atoms with E-state index in [0.717, 1.165) is 12.1 Å². The number of sulfone groups is 1. The molecule has 5 heteroatoms. The minimum absolute atomic E-state index is 0.0949. The second-order valence-corrected chi connectivity index (χ2v) is 7.04. The molecular formula is C11H14BrNO2S. The maximum Gasteiger partial charge on any atom is 0.184 e. The van der Waals surface area contributed by atoms with Gasteiger partial charge in [-0.1, -0.05) is 19.1 Å². The first kappa shape index (κ1) is 12.1. The Kier molecular flexibility index (Phi) is 3.11. The Morgan fingerprint density at radius 2 is 2.12 bits per heavy atom. The topological polar surface area (TPSA) is 46.2 Å². The molecule has 1 aliphatic rings. The summed E-state index contributed by atoms with van der Waals surface area (Å²) in [5.74, 6) is 0. The molecule has 2 rings (SSSR count). The molecule has 0 aromatic heterocycles. The van der Waals surface area contributed by atoms with Gasteiger partial charge in [-0.05, 0) is 41.0 Å². The molecule has 0 saturated heterocycles. The molecule has 3 nitrogen and oxygen atoms in total. The molecule has 2 unspecified atom stereocenters. The number of fused-ring (bicyclic) bond motifs is 1. The van der Waals surface area contributed by atoms with Crippen molar-refractivity contribution in [2.75, 3.05) is 6.54 Å². The maximum atomic E-state index is 12.2. The van der Waals surface area contributed by atoms with Crippen molar-refractivity contribution in [2.24, 2.45) is 0 Å². The second-order valence-electron chi connectivity index (χ2n) is 3.94. The summed E-state index contributed by atoms with van der Waals surface area (Å²) in [5.41, 5.74) is 0.878. The van der Waals surface area contributed by atoms with Crippen molar-refractivity contribution in [3.05, 3.63) is 28.2 Å². The number of nitrogens with one attached hydrogen (secondary N) is 1. The van der Waals surface area contributed by atoms with Crippen LogP contribution in [-0.4, -0.2) is 20.2 Å². The zero-order valence-electron chi connectivity index (χ0n) is 9.20. The Morgan fingerprint density at radius 1 is 1.44 bits per heavy atom. The molecule has 1 N–H and O–H groups in total. The number of rotatable bonds is 2. The summed E-state index contributed by atoms with van der Waals surface area (Å²) in [4.78, 5) is 0.452. The molecule has 0 spiro atoms. The lowest BCUT2D eigenvalue weighted by molar-refractivity contribution is 0.529. The molecule has 0 radical (unpaired) electrons. The van der Waals surface area contributed by atoms with Crippen molar-refractivity contribution in [1.29, 1.82) is 0 Å². The summed E-state index contributed by atoms with van der Waals surface area (Å²) in [6.45, 7) is 4.50. The van der Waals surface area contributed by atoms with E-state index in [2.05, 4.69) is 21.2 Å². The van der Waals surface area contributed by atoms with Gasteiger partial charge < -0.3 is 5.32 Å². The molecule has 0 fully saturated rings. The Morgan fingerprint density at radius 3 is 2.75 bits per heavy atom. The van der Waals surface area contributed by atoms with Gasteiger partial charge in [0.15, 0.2) is 9.84 Å². The molecular weight excluding hydrogens is 290 g/mol. The highest BCUT2D eigenvalue weighted by atomic mass is 79.9. The van der Waals surface area contributed by atoms with Gasteiger partial charge in [0.25, 0.3) is 0 Å². The van der Waals surface area contributed by atoms with Gasteiger partial charge in [-0.2, -0.15) is 0 Å². The molecule has 1 aromatic rings. The van der Waals surface area contributed by atoms with E-state index in [1.54, 1.807) is 13.0 Å². The van der Waals surface area contributed by atoms with E-state index in [1.807, 2.05) is 19.1 Å². The van der Waals surface area contributed by atoms with Crippen LogP contribution < -0.4 is 5.32 Å². The third-order valence-corrected chi connectivity index (χ3v) is 6.20. The molecule has 16 heavy (non-hydrogen) atoms. The lowest BCUT2D eigenvalue weighted by atomic mass is 10.1. The fourth-order valence-corrected chi connectivity index (χ4v) is 5.08. The zero-order chi connectivity index (χ0) is 11.9. The highest BCUT2D eigenvalue weighted by Gasteiger charge is 2.42. The van der Waals surface area contributed by atoms with E-state index in [9.17, 15) is 8.42 Å². The molecule has 1 aromatic carbocycles. The van der Waals surface area contributed by atoms with Crippen LogP contribution in [-0.2, 0) is 9.84 Å². The summed E-state index contributed by atoms with van der Waals surface area (Å²) < 4.78 is 25.1. The van der Waals surface area contributed by atoms with Crippen molar-refractivity contribution in [3.8, 4) is 0 Å². The average Bonchev–Trinajstić information content (AvgIpc) is 2.41. The van der Waals surface area contributed by atoms with Crippen LogP contribution in [0.15, 0.2) is 27.6 Å². The monoisotopic (exact) mass is 303 g/mol. The molecule has 0 saturated carbocycles. The van der Waals surface area contributed by atoms with Gasteiger partial charge in [-0.3, -0.25) is 0 Å². The predicted octanol–water partition coefficient (Wildman–Crippen LogP) is 2.28. The summed E-state index contributed by atoms with van der Waals surface area (Å²) in [7, 11) is -3.20. The maximum absolute atomic E-state index is 12.2. The summed E-state index contributed by atoms with van der Waals surface area (Å²) in [6, 6.07) is 5.44. The Labute approximate surface area is 104 Å². The predicted molar refractivity (Wildman–Crippen MR) is 67.2 cm³/mol. The van der Waals surface area contributed by atoms with Crippen LogP contribution in [0, 0.1) is 0 Å². The molecule has 0 bridgehead atoms. The largest absolute Gasteiger partial charge is 0.309 e. The molecule has 2 atom stereocenters. The summed E-state index contributed by atoms with van der Waals surface area (Å²) in [5, 5.41) is 2.83. The van der Waals surface area contributed by atoms with Gasteiger partial charge in [0.2, 0.25) is 0 Å². The van der Waals surface area contributed by atoms with Crippen LogP contribution in [0.25, 0.3) is 0 Å². The third-order valence-electron chi connectivity index (χ3n) is 3.00. The van der Waals surface area contributed by atoms with Gasteiger partial charge >= 0.3 is 0 Å². The molecule has 1 heterocycles. The van der Waals surface area contributed by atoms with Crippen LogP contribution in [0.1, 0.15) is 25.5 Å². The fourth-order valence-electron chi connectivity index (χ4n) is 2.18. The van der Waals surface area contributed by atoms with Crippen molar-refractivity contribution in [1.82, 2.24) is 5.32 Å². The third kappa shape index (κ3) is 1.61. The van der Waals surface area contributed by atoms with Crippen molar-refractivity contribution >= 4 is 25.8 Å². The standard InChI is InChI=1S/C11H14BrNO2S/c1-3-13-10-7(2)16(14,15)11-8(10)5-4-6-9(11)12/h4-7,10,13H,3H2,1-2H3. The van der Waals surface area contributed by atoms with E-state index in [-0.39, 0.29) is 6.04 Å². The van der Waals surface area contributed by atoms with Crippen LogP contribution >= 0.6 is 15.9 Å². The summed E-state index contributed by atoms with van der Waals surface area (Å²) in [6.07, 6.45) is 0. The molecule has 1 aliphatic heterocycles. The molecule has 0 aliphatic carbocycles. The minimum atomic E-state index is -3.20. The minimum Gasteiger partial charge on any atom is -0.309 e. The first-order valence-electron chi connectivity index (χ1n) is 5.25. The summed E-state index contributed by atoms with van der Waals surface area (Å²) >= 11 is 3.32. The Bertz CT molecular complexity index is 513. The van der Waals surface area contributed by atoms with E-state index < -0.39 is 15.1 Å². The lowest BCUT2D eigenvalue weighted by Crippen LogP contribution is -2.29. The van der Waals surface area contributed by atoms with E-state index in [4.69, 9.17) is 0 Å². The van der Waals surface area contributed by atoms with E-state index in [0.29, 0.717) is 9.37 Å². The first-order valence-corrected chi connectivity index (χ1v) is 7.59. The number of halogens is 1. The zero-order valence-corrected chi connectivity index (χ0v) is 11.6. The smallest absolute Gasteiger partial charge is 0.184 e. The highest BCUT2D eigenvalue weighted by Crippen LogP contribution is 2.42. The SMILES string of the molecule is CCNC1c2cccc(Br)c2S(=O)(=O)C1C. The van der Waals surface area contributed by atoms with Crippen molar-refractivity contribution in [2.45, 2.75) is 30.0 Å². The first-order chi connectivity index (χ1) is 7.50. The second kappa shape index (κ2) is 4.13. The Hall–Kier alpha value is -0.390. The van der Waals surface area contributed by atoms with Crippen LogP contribution in [0.2, 0.25) is 0 Å². The number of hydrogen-bond donors (Lipinski definition) is 1. The van der Waals surface area contributed by atoms with Crippen molar-refractivity contribution in [3.63, 3.8) is 0 Å². The molecule has 0 amide bonds. The van der Waals surface area contributed by atoms with Gasteiger partial charge in [0, 0.05) is 4.47 Å². The lowest BCUT2D eigenvalue weighted by Gasteiger charge is -2.15. The number of benzene rings is 1. The van der Waals surface area contributed by atoms with E-state index in [1.165, 1.54) is 0 Å². The normalized spacial score (nSPS) is 26.7. The van der Waals surface area contributed by atoms with E-state index >= 15 is 0 Å². The van der Waals surface area contributed by atoms with Gasteiger partial charge in [0.1, 0.15) is 0 Å². The van der Waals surface area contributed by atoms with Gasteiger partial charge in [-0.25, -0.2) is 8.42 Å². The quantitative estimate of drug-likeness (QED) is 0.912. The molecule has 88 valence electrons.